The lowest BCUT2D eigenvalue weighted by molar-refractivity contribution is -0.112. The molecule has 0 fully saturated rings. The molecule has 6 aromatic rings. The lowest BCUT2D eigenvalue weighted by Crippen LogP contribution is -2.38. The normalized spacial score (nSPS) is 19.3. The van der Waals surface area contributed by atoms with E-state index >= 15 is 0 Å². The highest BCUT2D eigenvalue weighted by Crippen LogP contribution is 2.47. The maximum atomic E-state index is 13.7. The second-order valence-corrected chi connectivity index (χ2v) is 17.3. The van der Waals surface area contributed by atoms with Crippen molar-refractivity contribution in [2.24, 2.45) is 5.92 Å². The van der Waals surface area contributed by atoms with Crippen LogP contribution in [0.4, 0.5) is 0 Å². The highest BCUT2D eigenvalue weighted by molar-refractivity contribution is 7.93. The van der Waals surface area contributed by atoms with E-state index in [1.165, 1.54) is 38.1 Å². The molecule has 0 spiro atoms. The first-order valence-corrected chi connectivity index (χ1v) is 19.7. The van der Waals surface area contributed by atoms with Crippen LogP contribution in [0.3, 0.4) is 0 Å². The first-order valence-electron chi connectivity index (χ1n) is 17.3. The van der Waals surface area contributed by atoms with Gasteiger partial charge in [-0.15, -0.1) is 4.51 Å². The molecule has 0 aromatic heterocycles. The van der Waals surface area contributed by atoms with Gasteiger partial charge < -0.3 is 24.3 Å². The summed E-state index contributed by atoms with van der Waals surface area (Å²) in [6.07, 6.45) is 3.12. The predicted octanol–water partition coefficient (Wildman–Crippen LogP) is 5.18. The van der Waals surface area contributed by atoms with Crippen molar-refractivity contribution in [3.63, 3.8) is 0 Å². The molecule has 10 nitrogen and oxygen atoms in total. The van der Waals surface area contributed by atoms with E-state index < -0.39 is 71.6 Å². The molecule has 0 saturated heterocycles. The van der Waals surface area contributed by atoms with Gasteiger partial charge in [0, 0.05) is 54.3 Å². The smallest absolute Gasteiger partial charge is 0.234 e. The summed E-state index contributed by atoms with van der Waals surface area (Å²) in [4.78, 5) is 67.6. The number of carbonyl (C=O) groups is 3. The van der Waals surface area contributed by atoms with E-state index in [1.807, 2.05) is 0 Å². The second kappa shape index (κ2) is 11.8. The Balaban J connectivity index is 1.24. The molecule has 3 unspecified atom stereocenters. The van der Waals surface area contributed by atoms with Crippen LogP contribution in [0, 0.1) is 24.3 Å². The molecule has 2 aliphatic heterocycles. The van der Waals surface area contributed by atoms with Crippen molar-refractivity contribution in [3.8, 4) is 22.6 Å². The van der Waals surface area contributed by atoms with Crippen LogP contribution in [-0.4, -0.2) is 36.2 Å². The minimum Gasteiger partial charge on any atom is -0.504 e. The Morgan fingerprint density at radius 1 is 0.764 bits per heavy atom. The molecular formula is C43H29O10S2-. The third-order valence-electron chi connectivity index (χ3n) is 11.0. The minimum atomic E-state index is -2.07. The highest BCUT2D eigenvalue weighted by atomic mass is 32.2. The molecule has 3 N–H and O–H groups in total. The molecule has 1 aliphatic carbocycles. The number of benzene rings is 6. The number of ketones is 2. The van der Waals surface area contributed by atoms with Gasteiger partial charge in [-0.1, -0.05) is 23.8 Å². The van der Waals surface area contributed by atoms with Gasteiger partial charge >= 0.3 is 0 Å². The van der Waals surface area contributed by atoms with Crippen LogP contribution in [0.5, 0.6) is 11.5 Å². The molecule has 274 valence electrons. The number of aliphatic hydroxyl groups is 1. The zero-order valence-corrected chi connectivity index (χ0v) is 31.3. The quantitative estimate of drug-likeness (QED) is 0.0528. The number of phenols is 2. The third-order valence-corrected chi connectivity index (χ3v) is 13.7. The van der Waals surface area contributed by atoms with Crippen LogP contribution in [0.15, 0.2) is 80.8 Å². The molecule has 0 amide bonds. The molecule has 9 rings (SSSR count). The van der Waals surface area contributed by atoms with Gasteiger partial charge in [0.15, 0.2) is 28.5 Å². The van der Waals surface area contributed by atoms with E-state index in [9.17, 15) is 47.7 Å². The van der Waals surface area contributed by atoms with Crippen molar-refractivity contribution >= 4 is 75.8 Å². The van der Waals surface area contributed by atoms with Gasteiger partial charge in [0.05, 0.1) is 15.9 Å². The van der Waals surface area contributed by atoms with Crippen LogP contribution in [0.25, 0.3) is 49.0 Å². The van der Waals surface area contributed by atoms with Gasteiger partial charge in [-0.2, -0.15) is 0 Å². The number of aryl methyl sites for hydroxylation is 2. The molecule has 0 bridgehead atoms. The molecular weight excluding hydrogens is 741 g/mol. The van der Waals surface area contributed by atoms with E-state index in [1.54, 1.807) is 50.3 Å². The van der Waals surface area contributed by atoms with Crippen molar-refractivity contribution in [3.05, 3.63) is 135 Å². The molecule has 2 heterocycles. The molecule has 12 heteroatoms. The summed E-state index contributed by atoms with van der Waals surface area (Å²) in [6, 6.07) is 12.6. The Hall–Kier alpha value is -5.82. The fraction of sp³-hybridized carbons (Fsp3) is 0.163. The molecule has 3 atom stereocenters. The summed E-state index contributed by atoms with van der Waals surface area (Å²) < 4.78 is 27.5. The van der Waals surface area contributed by atoms with Gasteiger partial charge in [0.25, 0.3) is 0 Å². The largest absolute Gasteiger partial charge is 0.504 e. The fourth-order valence-electron chi connectivity index (χ4n) is 8.58. The van der Waals surface area contributed by atoms with Gasteiger partial charge in [-0.3, -0.25) is 23.4 Å². The monoisotopic (exact) mass is 769 g/mol. The van der Waals surface area contributed by atoms with Crippen molar-refractivity contribution in [2.45, 2.75) is 39.6 Å². The Morgan fingerprint density at radius 2 is 1.29 bits per heavy atom. The van der Waals surface area contributed by atoms with E-state index in [4.69, 9.17) is 0 Å². The summed E-state index contributed by atoms with van der Waals surface area (Å²) in [7, 11) is -4.06. The Labute approximate surface area is 315 Å². The number of carbonyl (C=O) groups excluding carboxylic acids is 3. The summed E-state index contributed by atoms with van der Waals surface area (Å²) in [5, 5.41) is 34.4. The predicted molar refractivity (Wildman–Crippen MR) is 210 cm³/mol. The minimum absolute atomic E-state index is 0.00452. The average Bonchev–Trinajstić information content (AvgIpc) is 3.15. The zero-order valence-electron chi connectivity index (χ0n) is 29.7. The van der Waals surface area contributed by atoms with Crippen LogP contribution >= 0.6 is 0 Å². The van der Waals surface area contributed by atoms with Crippen LogP contribution < -0.4 is 16.1 Å². The maximum absolute atomic E-state index is 13.7. The SMILES string of the molecule is CC(=O)c1cc(-c2cc3c(O)c(O)c4cc(C)cc5c(=O)c(=O)c(c2)c3c45)cc(C(C)=O)c1CC1=CC2C(=O)[S-](=O)=c3cc(C)cc4c3=C2C(=C1)S(=O)C4O. The number of rotatable bonds is 5. The number of hydrogen-bond acceptors (Lipinski definition) is 11. The molecule has 6 aromatic carbocycles. The Morgan fingerprint density at radius 3 is 1.91 bits per heavy atom. The fourth-order valence-corrected chi connectivity index (χ4v) is 11.3. The number of aliphatic hydroxyl groups excluding tert-OH is 1. The molecule has 55 heavy (non-hydrogen) atoms. The lowest BCUT2D eigenvalue weighted by Gasteiger charge is -2.35. The maximum Gasteiger partial charge on any atom is 0.234 e. The van der Waals surface area contributed by atoms with Gasteiger partial charge in [-0.25, -0.2) is 10.4 Å². The van der Waals surface area contributed by atoms with Crippen molar-refractivity contribution < 1.29 is 38.1 Å². The Bertz CT molecular complexity index is 3260. The van der Waals surface area contributed by atoms with Crippen LogP contribution in [-0.2, 0) is 36.6 Å². The molecule has 0 radical (unpaired) electrons. The van der Waals surface area contributed by atoms with Crippen LogP contribution in [0.1, 0.15) is 62.3 Å². The second-order valence-electron chi connectivity index (χ2n) is 14.5. The summed E-state index contributed by atoms with van der Waals surface area (Å²) in [5.41, 5.74) is 0.610. The van der Waals surface area contributed by atoms with Crippen molar-refractivity contribution in [2.75, 3.05) is 0 Å². The number of phenolic OH excluding ortho intramolecular Hbond substituents is 2. The van der Waals surface area contributed by atoms with Gasteiger partial charge in [0.1, 0.15) is 0 Å². The topological polar surface area (TPSA) is 180 Å². The van der Waals surface area contributed by atoms with Crippen LogP contribution in [0.2, 0.25) is 0 Å². The summed E-state index contributed by atoms with van der Waals surface area (Å²) in [5.74, 6) is -2.84. The standard InChI is InChI=1S/C43H29O10S2/c1-16-5-26-34-27(6-16)39(47)41(49)29-15-22(14-28(35(29)34)40(48)38(26)46)21-12-23(18(3)44)25(24(13-21)19(4)45)9-20-10-31-37-33(11-20)55(53)42(50)30-7-17(2)8-32(36(30)37)54(52)43(31)51/h5-8,10-15,31,42,46,48,50H,9H2,1-4H3/q-1. The first-order chi connectivity index (χ1) is 26.1. The molecule has 0 saturated carbocycles. The van der Waals surface area contributed by atoms with E-state index in [2.05, 4.69) is 0 Å². The molecule has 3 aliphatic rings. The van der Waals surface area contributed by atoms with E-state index in [0.717, 1.165) is 0 Å². The first kappa shape index (κ1) is 34.9. The van der Waals surface area contributed by atoms with E-state index in [-0.39, 0.29) is 54.1 Å². The summed E-state index contributed by atoms with van der Waals surface area (Å²) in [6.45, 7) is 6.08. The summed E-state index contributed by atoms with van der Waals surface area (Å²) >= 11 is 0. The number of Topliss-reactive ketones (excluding diaryl/α,β-unsaturated/α-hetero) is 2. The number of aromatic hydroxyl groups is 2. The average molecular weight is 770 g/mol. The number of allylic oxidation sites excluding steroid dienone is 4. The van der Waals surface area contributed by atoms with Gasteiger partial charge in [0.2, 0.25) is 10.9 Å². The van der Waals surface area contributed by atoms with Crippen molar-refractivity contribution in [1.82, 2.24) is 0 Å². The highest BCUT2D eigenvalue weighted by Gasteiger charge is 2.38. The third kappa shape index (κ3) is 4.81. The van der Waals surface area contributed by atoms with Gasteiger partial charge in [-0.05, 0) is 121 Å². The van der Waals surface area contributed by atoms with E-state index in [0.29, 0.717) is 55.0 Å². The lowest BCUT2D eigenvalue weighted by atomic mass is 9.83. The zero-order chi connectivity index (χ0) is 39.1. The van der Waals surface area contributed by atoms with Crippen molar-refractivity contribution in [1.29, 1.82) is 0 Å². The number of hydrogen-bond donors (Lipinski definition) is 3. The Kier molecular flexibility index (Phi) is 7.52.